The van der Waals surface area contributed by atoms with Crippen LogP contribution < -0.4 is 11.5 Å². The molecule has 0 aliphatic carbocycles. The highest BCUT2D eigenvalue weighted by atomic mass is 16.6. The summed E-state index contributed by atoms with van der Waals surface area (Å²) in [5.41, 5.74) is 14.1. The second kappa shape index (κ2) is 5.70. The molecule has 5 N–H and O–H groups in total. The van der Waals surface area contributed by atoms with Gasteiger partial charge in [-0.2, -0.15) is 9.97 Å². The van der Waals surface area contributed by atoms with E-state index in [1.165, 1.54) is 12.1 Å². The number of non-ortho nitro benzene ring substituents is 1. The van der Waals surface area contributed by atoms with Gasteiger partial charge in [-0.15, -0.1) is 0 Å². The molecule has 2 heterocycles. The molecule has 0 atom stereocenters. The van der Waals surface area contributed by atoms with E-state index in [2.05, 4.69) is 15.0 Å². The molecular weight excluding hydrogens is 312 g/mol. The van der Waals surface area contributed by atoms with E-state index < -0.39 is 4.92 Å². The Morgan fingerprint density at radius 3 is 2.42 bits per heavy atom. The number of aliphatic hydroxyl groups excluding tert-OH is 1. The molecule has 24 heavy (non-hydrogen) atoms. The van der Waals surface area contributed by atoms with Crippen molar-refractivity contribution in [2.24, 2.45) is 0 Å². The van der Waals surface area contributed by atoms with Gasteiger partial charge < -0.3 is 16.6 Å². The number of nitro benzene ring substituents is 1. The fourth-order valence-corrected chi connectivity index (χ4v) is 2.60. The molecule has 0 fully saturated rings. The van der Waals surface area contributed by atoms with Crippen LogP contribution in [0.25, 0.3) is 22.3 Å². The minimum atomic E-state index is -0.482. The summed E-state index contributed by atoms with van der Waals surface area (Å²) in [6.07, 6.45) is 0. The fourth-order valence-electron chi connectivity index (χ4n) is 2.60. The number of hydrogen-bond acceptors (Lipinski definition) is 8. The first-order valence-electron chi connectivity index (χ1n) is 7.00. The molecule has 0 saturated heterocycles. The van der Waals surface area contributed by atoms with E-state index >= 15 is 0 Å². The molecule has 1 aromatic carbocycles. The Hall–Kier alpha value is -3.33. The van der Waals surface area contributed by atoms with Crippen LogP contribution in [-0.4, -0.2) is 25.0 Å². The Labute approximate surface area is 136 Å². The molecule has 0 amide bonds. The molecule has 3 rings (SSSR count). The number of nitro groups is 1. The lowest BCUT2D eigenvalue weighted by molar-refractivity contribution is -0.384. The third-order valence-corrected chi connectivity index (χ3v) is 3.78. The monoisotopic (exact) mass is 326 g/mol. The first-order chi connectivity index (χ1) is 11.4. The second-order valence-electron chi connectivity index (χ2n) is 5.19. The third kappa shape index (κ3) is 2.46. The molecule has 0 spiro atoms. The Kier molecular flexibility index (Phi) is 3.70. The Bertz CT molecular complexity index is 956. The molecule has 3 aromatic rings. The van der Waals surface area contributed by atoms with Gasteiger partial charge in [0.1, 0.15) is 5.82 Å². The highest BCUT2D eigenvalue weighted by molar-refractivity contribution is 5.92. The van der Waals surface area contributed by atoms with E-state index in [-0.39, 0.29) is 24.1 Å². The van der Waals surface area contributed by atoms with Crippen LogP contribution in [0.15, 0.2) is 24.3 Å². The number of pyridine rings is 1. The van der Waals surface area contributed by atoms with Crippen LogP contribution in [0.5, 0.6) is 0 Å². The van der Waals surface area contributed by atoms with Crippen molar-refractivity contribution in [2.45, 2.75) is 13.5 Å². The summed E-state index contributed by atoms with van der Waals surface area (Å²) in [5.74, 6) is 0.186. The van der Waals surface area contributed by atoms with Crippen LogP contribution >= 0.6 is 0 Å². The van der Waals surface area contributed by atoms with E-state index in [0.29, 0.717) is 33.4 Å². The highest BCUT2D eigenvalue weighted by Gasteiger charge is 2.17. The summed E-state index contributed by atoms with van der Waals surface area (Å²) >= 11 is 0. The number of rotatable bonds is 3. The zero-order chi connectivity index (χ0) is 17.4. The smallest absolute Gasteiger partial charge is 0.269 e. The molecule has 9 heteroatoms. The quantitative estimate of drug-likeness (QED) is 0.484. The van der Waals surface area contributed by atoms with Crippen LogP contribution in [0.1, 0.15) is 11.1 Å². The van der Waals surface area contributed by atoms with Crippen LogP contribution in [0.3, 0.4) is 0 Å². The zero-order valence-electron chi connectivity index (χ0n) is 12.7. The topological polar surface area (TPSA) is 154 Å². The number of nitrogen functional groups attached to an aromatic ring is 2. The maximum atomic E-state index is 10.8. The van der Waals surface area contributed by atoms with Crippen molar-refractivity contribution >= 4 is 28.5 Å². The van der Waals surface area contributed by atoms with E-state index in [0.717, 1.165) is 0 Å². The van der Waals surface area contributed by atoms with E-state index in [9.17, 15) is 15.2 Å². The van der Waals surface area contributed by atoms with Gasteiger partial charge in [-0.25, -0.2) is 4.98 Å². The first-order valence-corrected chi connectivity index (χ1v) is 7.00. The second-order valence-corrected chi connectivity index (χ2v) is 5.19. The third-order valence-electron chi connectivity index (χ3n) is 3.78. The first kappa shape index (κ1) is 15.6. The van der Waals surface area contributed by atoms with Gasteiger partial charge >= 0.3 is 0 Å². The van der Waals surface area contributed by atoms with E-state index in [4.69, 9.17) is 11.5 Å². The lowest BCUT2D eigenvalue weighted by Gasteiger charge is -2.14. The van der Waals surface area contributed by atoms with Gasteiger partial charge in [0, 0.05) is 23.3 Å². The fraction of sp³-hybridized carbons (Fsp3) is 0.133. The predicted molar refractivity (Wildman–Crippen MR) is 88.9 cm³/mol. The molecule has 0 bridgehead atoms. The maximum absolute atomic E-state index is 10.8. The van der Waals surface area contributed by atoms with Crippen LogP contribution in [0, 0.1) is 17.0 Å². The summed E-state index contributed by atoms with van der Waals surface area (Å²) in [5, 5.41) is 21.1. The average molecular weight is 326 g/mol. The van der Waals surface area contributed by atoms with Crippen molar-refractivity contribution in [2.75, 3.05) is 11.5 Å². The molecule has 0 radical (unpaired) electrons. The number of hydrogen-bond donors (Lipinski definition) is 3. The normalized spacial score (nSPS) is 10.9. The summed E-state index contributed by atoms with van der Waals surface area (Å²) in [4.78, 5) is 22.7. The Morgan fingerprint density at radius 1 is 1.17 bits per heavy atom. The number of aromatic nitrogens is 3. The van der Waals surface area contributed by atoms with Gasteiger partial charge in [-0.1, -0.05) is 0 Å². The van der Waals surface area contributed by atoms with Crippen molar-refractivity contribution in [1.82, 2.24) is 15.0 Å². The molecule has 0 aliphatic heterocycles. The number of fused-ring (bicyclic) bond motifs is 1. The molecule has 0 saturated carbocycles. The van der Waals surface area contributed by atoms with E-state index in [1.807, 2.05) is 0 Å². The maximum Gasteiger partial charge on any atom is 0.269 e. The van der Waals surface area contributed by atoms with Gasteiger partial charge in [0.05, 0.1) is 22.6 Å². The van der Waals surface area contributed by atoms with Crippen LogP contribution in [0.4, 0.5) is 17.5 Å². The summed E-state index contributed by atoms with van der Waals surface area (Å²) in [6, 6.07) is 5.89. The van der Waals surface area contributed by atoms with Crippen molar-refractivity contribution in [3.8, 4) is 11.3 Å². The summed E-state index contributed by atoms with van der Waals surface area (Å²) < 4.78 is 0. The number of aryl methyl sites for hydroxylation is 1. The molecule has 0 unspecified atom stereocenters. The number of nitrogens with two attached hydrogens (primary N) is 2. The molecular formula is C15H14N6O3. The van der Waals surface area contributed by atoms with Crippen LogP contribution in [0.2, 0.25) is 0 Å². The number of nitrogens with zero attached hydrogens (tertiary/aromatic N) is 4. The van der Waals surface area contributed by atoms with Gasteiger partial charge in [-0.05, 0) is 24.6 Å². The largest absolute Gasteiger partial charge is 0.392 e. The van der Waals surface area contributed by atoms with Crippen LogP contribution in [-0.2, 0) is 6.61 Å². The minimum absolute atomic E-state index is 0.00158. The van der Waals surface area contributed by atoms with Gasteiger partial charge in [0.15, 0.2) is 5.65 Å². The standard InChI is InChI=1S/C15H14N6O3/c1-7-10(6-22)12(8-2-4-9(5-3-8)21(23)24)18-14-11(7)13(16)19-15(17)20-14/h2-5,22H,6H2,1H3,(H4,16,17,18,19,20). The zero-order valence-corrected chi connectivity index (χ0v) is 12.7. The van der Waals surface area contributed by atoms with Gasteiger partial charge in [-0.3, -0.25) is 10.1 Å². The van der Waals surface area contributed by atoms with Gasteiger partial charge in [0.25, 0.3) is 5.69 Å². The van der Waals surface area contributed by atoms with Crippen molar-refractivity contribution in [1.29, 1.82) is 0 Å². The summed E-state index contributed by atoms with van der Waals surface area (Å²) in [6.45, 7) is 1.51. The lowest BCUT2D eigenvalue weighted by atomic mass is 9.99. The van der Waals surface area contributed by atoms with Crippen molar-refractivity contribution < 1.29 is 10.0 Å². The predicted octanol–water partition coefficient (Wildman–Crippen LogP) is 1.57. The molecule has 122 valence electrons. The van der Waals surface area contributed by atoms with Gasteiger partial charge in [0.2, 0.25) is 5.95 Å². The molecule has 2 aromatic heterocycles. The lowest BCUT2D eigenvalue weighted by Crippen LogP contribution is -2.06. The number of benzene rings is 1. The summed E-state index contributed by atoms with van der Waals surface area (Å²) in [7, 11) is 0. The Balaban J connectivity index is 2.29. The molecule has 9 nitrogen and oxygen atoms in total. The highest BCUT2D eigenvalue weighted by Crippen LogP contribution is 2.32. The average Bonchev–Trinajstić information content (AvgIpc) is 2.53. The Morgan fingerprint density at radius 2 is 1.83 bits per heavy atom. The SMILES string of the molecule is Cc1c(CO)c(-c2ccc([N+](=O)[O-])cc2)nc2nc(N)nc(N)c12. The molecule has 0 aliphatic rings. The minimum Gasteiger partial charge on any atom is -0.392 e. The van der Waals surface area contributed by atoms with Crippen molar-refractivity contribution in [3.05, 3.63) is 45.5 Å². The number of anilines is 2. The number of aliphatic hydroxyl groups is 1. The van der Waals surface area contributed by atoms with Crippen molar-refractivity contribution in [3.63, 3.8) is 0 Å². The van der Waals surface area contributed by atoms with E-state index in [1.54, 1.807) is 19.1 Å².